The van der Waals surface area contributed by atoms with E-state index >= 15 is 0 Å². The summed E-state index contributed by atoms with van der Waals surface area (Å²) in [5.41, 5.74) is 2.26. The van der Waals surface area contributed by atoms with Crippen LogP contribution >= 0.6 is 12.4 Å². The van der Waals surface area contributed by atoms with E-state index in [-0.39, 0.29) is 23.7 Å². The van der Waals surface area contributed by atoms with Gasteiger partial charge in [0.15, 0.2) is 0 Å². The van der Waals surface area contributed by atoms with Gasteiger partial charge in [0.25, 0.3) is 5.91 Å². The number of carbonyl (C=O) groups excluding carboxylic acids is 1. The molecule has 0 radical (unpaired) electrons. The highest BCUT2D eigenvalue weighted by Gasteiger charge is 2.27. The second-order valence-electron chi connectivity index (χ2n) is 5.79. The van der Waals surface area contributed by atoms with E-state index in [4.69, 9.17) is 0 Å². The average Bonchev–Trinajstić information content (AvgIpc) is 2.46. The fourth-order valence-electron chi connectivity index (χ4n) is 2.49. The third-order valence-corrected chi connectivity index (χ3v) is 4.11. The number of amides is 1. The third-order valence-electron chi connectivity index (χ3n) is 4.11. The molecule has 0 saturated carbocycles. The Morgan fingerprint density at radius 2 is 1.85 bits per heavy atom. The van der Waals surface area contributed by atoms with Crippen LogP contribution in [0.3, 0.4) is 0 Å². The van der Waals surface area contributed by atoms with Crippen molar-refractivity contribution < 1.29 is 4.79 Å². The van der Waals surface area contributed by atoms with Crippen molar-refractivity contribution >= 4 is 18.3 Å². The smallest absolute Gasteiger partial charge is 0.251 e. The van der Waals surface area contributed by atoms with Crippen LogP contribution < -0.4 is 10.6 Å². The summed E-state index contributed by atoms with van der Waals surface area (Å²) in [4.78, 5) is 12.1. The van der Waals surface area contributed by atoms with Crippen molar-refractivity contribution in [1.82, 2.24) is 10.6 Å². The molecule has 0 unspecified atom stereocenters. The van der Waals surface area contributed by atoms with Crippen molar-refractivity contribution in [2.24, 2.45) is 5.41 Å². The zero-order valence-electron chi connectivity index (χ0n) is 12.4. The lowest BCUT2D eigenvalue weighted by molar-refractivity contribution is 0.0922. The van der Waals surface area contributed by atoms with E-state index < -0.39 is 0 Å². The van der Waals surface area contributed by atoms with Crippen LogP contribution in [0.5, 0.6) is 0 Å². The van der Waals surface area contributed by atoms with Crippen LogP contribution in [0.25, 0.3) is 0 Å². The number of hydrogen-bond donors (Lipinski definition) is 2. The molecule has 2 rings (SSSR count). The van der Waals surface area contributed by atoms with Gasteiger partial charge in [-0.1, -0.05) is 26.0 Å². The summed E-state index contributed by atoms with van der Waals surface area (Å²) in [7, 11) is 0. The predicted molar refractivity (Wildman–Crippen MR) is 85.6 cm³/mol. The largest absolute Gasteiger partial charge is 0.351 e. The maximum absolute atomic E-state index is 12.1. The van der Waals surface area contributed by atoms with Gasteiger partial charge in [-0.3, -0.25) is 4.79 Å². The molecule has 1 aliphatic heterocycles. The number of piperidine rings is 1. The summed E-state index contributed by atoms with van der Waals surface area (Å²) in [6.07, 6.45) is 3.26. The molecular formula is C16H25ClN2O. The van der Waals surface area contributed by atoms with Crippen molar-refractivity contribution in [3.63, 3.8) is 0 Å². The highest BCUT2D eigenvalue weighted by Crippen LogP contribution is 2.26. The Hall–Kier alpha value is -1.06. The van der Waals surface area contributed by atoms with E-state index in [1.807, 2.05) is 24.3 Å². The van der Waals surface area contributed by atoms with Gasteiger partial charge in [-0.05, 0) is 55.5 Å². The summed E-state index contributed by atoms with van der Waals surface area (Å²) < 4.78 is 0. The van der Waals surface area contributed by atoms with Crippen LogP contribution in [-0.4, -0.2) is 25.5 Å². The molecule has 1 fully saturated rings. The maximum Gasteiger partial charge on any atom is 0.251 e. The minimum Gasteiger partial charge on any atom is -0.351 e. The molecule has 112 valence electrons. The Morgan fingerprint density at radius 3 is 2.40 bits per heavy atom. The van der Waals surface area contributed by atoms with Crippen LogP contribution in [0.15, 0.2) is 24.3 Å². The molecule has 1 aromatic carbocycles. The second-order valence-corrected chi connectivity index (χ2v) is 5.79. The fraction of sp³-hybridized carbons (Fsp3) is 0.562. The van der Waals surface area contributed by atoms with Gasteiger partial charge in [0.05, 0.1) is 0 Å². The second kappa shape index (κ2) is 7.65. The Balaban J connectivity index is 0.00000200. The molecule has 0 aliphatic carbocycles. The standard InChI is InChI=1S/C16H24N2O.ClH/c1-3-13-4-6-14(7-5-13)15(19)18-12-16(2)8-10-17-11-9-16;/h4-7,17H,3,8-12H2,1-2H3,(H,18,19);1H. The van der Waals surface area contributed by atoms with Gasteiger partial charge in [-0.2, -0.15) is 0 Å². The molecule has 1 aliphatic rings. The molecule has 1 saturated heterocycles. The molecule has 0 spiro atoms. The monoisotopic (exact) mass is 296 g/mol. The van der Waals surface area contributed by atoms with E-state index in [2.05, 4.69) is 24.5 Å². The number of aryl methyl sites for hydroxylation is 1. The van der Waals surface area contributed by atoms with Crippen LogP contribution in [0.2, 0.25) is 0 Å². The van der Waals surface area contributed by atoms with Gasteiger partial charge in [0.2, 0.25) is 0 Å². The van der Waals surface area contributed by atoms with E-state index in [0.29, 0.717) is 0 Å². The summed E-state index contributed by atoms with van der Waals surface area (Å²) in [6.45, 7) is 7.25. The molecule has 0 atom stereocenters. The SMILES string of the molecule is CCc1ccc(C(=O)NCC2(C)CCNCC2)cc1.Cl. The Bertz CT molecular complexity index is 425. The summed E-state index contributed by atoms with van der Waals surface area (Å²) in [5, 5.41) is 6.44. The molecule has 1 aromatic rings. The van der Waals surface area contributed by atoms with E-state index in [1.54, 1.807) is 0 Å². The van der Waals surface area contributed by atoms with E-state index in [1.165, 1.54) is 5.56 Å². The Kier molecular flexibility index (Phi) is 6.50. The molecule has 4 heteroatoms. The maximum atomic E-state index is 12.1. The van der Waals surface area contributed by atoms with Gasteiger partial charge < -0.3 is 10.6 Å². The molecule has 1 amide bonds. The van der Waals surface area contributed by atoms with Crippen LogP contribution in [0.1, 0.15) is 42.6 Å². The van der Waals surface area contributed by atoms with Crippen LogP contribution in [0, 0.1) is 5.41 Å². The number of benzene rings is 1. The first-order chi connectivity index (χ1) is 9.13. The summed E-state index contributed by atoms with van der Waals surface area (Å²) >= 11 is 0. The van der Waals surface area contributed by atoms with Crippen molar-refractivity contribution in [3.05, 3.63) is 35.4 Å². The normalized spacial score (nSPS) is 17.1. The zero-order chi connectivity index (χ0) is 13.7. The third kappa shape index (κ3) is 4.50. The Labute approximate surface area is 127 Å². The number of hydrogen-bond acceptors (Lipinski definition) is 2. The van der Waals surface area contributed by atoms with Crippen LogP contribution in [0.4, 0.5) is 0 Å². The first-order valence-corrected chi connectivity index (χ1v) is 7.21. The zero-order valence-corrected chi connectivity index (χ0v) is 13.2. The van der Waals surface area contributed by atoms with Gasteiger partial charge in [-0.25, -0.2) is 0 Å². The lowest BCUT2D eigenvalue weighted by atomic mass is 9.81. The number of nitrogens with one attached hydrogen (secondary N) is 2. The summed E-state index contributed by atoms with van der Waals surface area (Å²) in [5.74, 6) is 0.0439. The predicted octanol–water partition coefficient (Wildman–Crippen LogP) is 2.79. The highest BCUT2D eigenvalue weighted by atomic mass is 35.5. The minimum absolute atomic E-state index is 0. The highest BCUT2D eigenvalue weighted by molar-refractivity contribution is 5.94. The van der Waals surface area contributed by atoms with Crippen molar-refractivity contribution in [2.45, 2.75) is 33.1 Å². The topological polar surface area (TPSA) is 41.1 Å². The van der Waals surface area contributed by atoms with Gasteiger partial charge >= 0.3 is 0 Å². The van der Waals surface area contributed by atoms with Crippen molar-refractivity contribution in [3.8, 4) is 0 Å². The van der Waals surface area contributed by atoms with Gasteiger partial charge in [-0.15, -0.1) is 12.4 Å². The molecule has 3 nitrogen and oxygen atoms in total. The molecule has 1 heterocycles. The van der Waals surface area contributed by atoms with Crippen molar-refractivity contribution in [1.29, 1.82) is 0 Å². The number of rotatable bonds is 4. The van der Waals surface area contributed by atoms with Gasteiger partial charge in [0.1, 0.15) is 0 Å². The van der Waals surface area contributed by atoms with Crippen molar-refractivity contribution in [2.75, 3.05) is 19.6 Å². The number of carbonyl (C=O) groups is 1. The molecule has 2 N–H and O–H groups in total. The molecular weight excluding hydrogens is 272 g/mol. The molecule has 0 aromatic heterocycles. The Morgan fingerprint density at radius 1 is 1.25 bits per heavy atom. The average molecular weight is 297 g/mol. The fourth-order valence-corrected chi connectivity index (χ4v) is 2.49. The minimum atomic E-state index is 0. The number of halogens is 1. The van der Waals surface area contributed by atoms with E-state index in [9.17, 15) is 4.79 Å². The molecule has 0 bridgehead atoms. The lowest BCUT2D eigenvalue weighted by Crippen LogP contribution is -2.42. The lowest BCUT2D eigenvalue weighted by Gasteiger charge is -2.34. The van der Waals surface area contributed by atoms with Gasteiger partial charge in [0, 0.05) is 12.1 Å². The molecule has 20 heavy (non-hydrogen) atoms. The van der Waals surface area contributed by atoms with E-state index in [0.717, 1.165) is 44.5 Å². The first-order valence-electron chi connectivity index (χ1n) is 7.21. The quantitative estimate of drug-likeness (QED) is 0.897. The first kappa shape index (κ1) is 17.0. The van der Waals surface area contributed by atoms with Crippen LogP contribution in [-0.2, 0) is 6.42 Å². The summed E-state index contributed by atoms with van der Waals surface area (Å²) in [6, 6.07) is 7.89.